The van der Waals surface area contributed by atoms with E-state index in [9.17, 15) is 13.4 Å². The van der Waals surface area contributed by atoms with Crippen LogP contribution in [-0.4, -0.2) is 39.6 Å². The molecule has 1 aliphatic heterocycles. The number of halogens is 2. The average molecular weight is 348 g/mol. The van der Waals surface area contributed by atoms with Gasteiger partial charge in [-0.15, -0.1) is 0 Å². The van der Waals surface area contributed by atoms with E-state index in [2.05, 4.69) is 15.9 Å². The van der Waals surface area contributed by atoms with Gasteiger partial charge in [0.2, 0.25) is 5.91 Å². The molecule has 1 fully saturated rings. The van der Waals surface area contributed by atoms with Crippen molar-refractivity contribution in [3.8, 4) is 0 Å². The second-order valence-electron chi connectivity index (χ2n) is 4.46. The van der Waals surface area contributed by atoms with E-state index in [0.717, 1.165) is 10.0 Å². The fraction of sp³-hybridized carbons (Fsp3) is 0.462. The molecule has 0 atom stereocenters. The first-order valence-electron chi connectivity index (χ1n) is 6.13. The predicted octanol–water partition coefficient (Wildman–Crippen LogP) is 2.11. The predicted molar refractivity (Wildman–Crippen MR) is 76.9 cm³/mol. The zero-order valence-electron chi connectivity index (χ0n) is 10.4. The molecule has 3 nitrogen and oxygen atoms in total. The van der Waals surface area contributed by atoms with Gasteiger partial charge in [-0.25, -0.2) is 4.39 Å². The molecule has 0 bridgehead atoms. The van der Waals surface area contributed by atoms with Crippen LogP contribution < -0.4 is 0 Å². The summed E-state index contributed by atoms with van der Waals surface area (Å²) < 4.78 is 25.2. The number of hydrogen-bond donors (Lipinski definition) is 0. The third-order valence-electron chi connectivity index (χ3n) is 3.15. The molecule has 0 aromatic heterocycles. The van der Waals surface area contributed by atoms with Crippen LogP contribution >= 0.6 is 15.9 Å². The summed E-state index contributed by atoms with van der Waals surface area (Å²) in [6.07, 6.45) is 0.867. The van der Waals surface area contributed by atoms with Crippen molar-refractivity contribution in [3.05, 3.63) is 34.1 Å². The van der Waals surface area contributed by atoms with Gasteiger partial charge in [-0.1, -0.05) is 15.9 Å². The summed E-state index contributed by atoms with van der Waals surface area (Å²) in [5.41, 5.74) is 0.800. The van der Waals surface area contributed by atoms with Crippen LogP contribution in [0.4, 0.5) is 4.39 Å². The second kappa shape index (κ2) is 6.61. The Balaban J connectivity index is 1.89. The maximum absolute atomic E-state index is 13.1. The van der Waals surface area contributed by atoms with Crippen molar-refractivity contribution in [2.75, 3.05) is 24.6 Å². The smallest absolute Gasteiger partial charge is 0.222 e. The molecule has 1 aliphatic rings. The molecule has 0 aliphatic carbocycles. The van der Waals surface area contributed by atoms with Gasteiger partial charge in [0.05, 0.1) is 0 Å². The summed E-state index contributed by atoms with van der Waals surface area (Å²) in [6, 6.07) is 4.48. The molecule has 1 heterocycles. The van der Waals surface area contributed by atoms with E-state index in [1.165, 1.54) is 12.1 Å². The first kappa shape index (κ1) is 14.7. The van der Waals surface area contributed by atoms with Crippen LogP contribution in [0.15, 0.2) is 22.7 Å². The summed E-state index contributed by atoms with van der Waals surface area (Å²) >= 11 is 3.35. The Labute approximate surface area is 122 Å². The Hall–Kier alpha value is -0.750. The average Bonchev–Trinajstić information content (AvgIpc) is 2.40. The molecule has 1 saturated heterocycles. The Bertz CT molecular complexity index is 499. The maximum atomic E-state index is 13.1. The molecule has 19 heavy (non-hydrogen) atoms. The van der Waals surface area contributed by atoms with Crippen LogP contribution in [0.2, 0.25) is 0 Å². The van der Waals surface area contributed by atoms with E-state index < -0.39 is 10.8 Å². The molecular weight excluding hydrogens is 333 g/mol. The zero-order chi connectivity index (χ0) is 13.8. The number of nitrogens with zero attached hydrogens (tertiary/aromatic N) is 1. The molecule has 6 heteroatoms. The first-order valence-corrected chi connectivity index (χ1v) is 8.41. The van der Waals surface area contributed by atoms with Gasteiger partial charge in [-0.2, -0.15) is 0 Å². The summed E-state index contributed by atoms with van der Waals surface area (Å²) in [5.74, 6) is 0.886. The number of aryl methyl sites for hydroxylation is 1. The molecule has 0 N–H and O–H groups in total. The van der Waals surface area contributed by atoms with Crippen molar-refractivity contribution in [3.63, 3.8) is 0 Å². The number of rotatable bonds is 3. The number of hydrogen-bond acceptors (Lipinski definition) is 2. The lowest BCUT2D eigenvalue weighted by atomic mass is 10.1. The molecular formula is C13H15BrFNO2S. The monoisotopic (exact) mass is 347 g/mol. The molecule has 1 aromatic carbocycles. The van der Waals surface area contributed by atoms with Crippen molar-refractivity contribution in [1.82, 2.24) is 4.90 Å². The molecule has 1 aromatic rings. The van der Waals surface area contributed by atoms with Gasteiger partial charge < -0.3 is 4.90 Å². The highest BCUT2D eigenvalue weighted by molar-refractivity contribution is 9.10. The van der Waals surface area contributed by atoms with Gasteiger partial charge in [0, 0.05) is 46.3 Å². The Morgan fingerprint density at radius 2 is 2.05 bits per heavy atom. The summed E-state index contributed by atoms with van der Waals surface area (Å²) in [4.78, 5) is 13.7. The lowest BCUT2D eigenvalue weighted by molar-refractivity contribution is -0.130. The molecule has 0 spiro atoms. The highest BCUT2D eigenvalue weighted by Gasteiger charge is 2.19. The van der Waals surface area contributed by atoms with Crippen LogP contribution in [0.3, 0.4) is 0 Å². The van der Waals surface area contributed by atoms with E-state index >= 15 is 0 Å². The van der Waals surface area contributed by atoms with Crippen LogP contribution in [-0.2, 0) is 22.0 Å². The number of amides is 1. The number of carbonyl (C=O) groups excluding carboxylic acids is 1. The summed E-state index contributed by atoms with van der Waals surface area (Å²) in [7, 11) is -0.775. The van der Waals surface area contributed by atoms with Crippen molar-refractivity contribution in [2.24, 2.45) is 0 Å². The van der Waals surface area contributed by atoms with Gasteiger partial charge in [-0.3, -0.25) is 9.00 Å². The lowest BCUT2D eigenvalue weighted by Crippen LogP contribution is -2.41. The minimum atomic E-state index is -0.775. The number of carbonyl (C=O) groups is 1. The van der Waals surface area contributed by atoms with Crippen LogP contribution in [0.1, 0.15) is 12.0 Å². The molecule has 2 rings (SSSR count). The van der Waals surface area contributed by atoms with Gasteiger partial charge in [0.15, 0.2) is 0 Å². The number of benzene rings is 1. The topological polar surface area (TPSA) is 37.4 Å². The largest absolute Gasteiger partial charge is 0.341 e. The fourth-order valence-electron chi connectivity index (χ4n) is 2.02. The van der Waals surface area contributed by atoms with E-state index in [4.69, 9.17) is 0 Å². The van der Waals surface area contributed by atoms with Gasteiger partial charge in [-0.05, 0) is 30.2 Å². The highest BCUT2D eigenvalue weighted by Crippen LogP contribution is 2.19. The van der Waals surface area contributed by atoms with E-state index in [1.54, 1.807) is 11.0 Å². The van der Waals surface area contributed by atoms with Gasteiger partial charge in [0.25, 0.3) is 0 Å². The normalized spacial score (nSPS) is 16.6. The van der Waals surface area contributed by atoms with Crippen molar-refractivity contribution in [2.45, 2.75) is 12.8 Å². The van der Waals surface area contributed by atoms with Crippen LogP contribution in [0.5, 0.6) is 0 Å². The highest BCUT2D eigenvalue weighted by atomic mass is 79.9. The van der Waals surface area contributed by atoms with Gasteiger partial charge >= 0.3 is 0 Å². The molecule has 1 amide bonds. The molecule has 0 saturated carbocycles. The van der Waals surface area contributed by atoms with Crippen LogP contribution in [0.25, 0.3) is 0 Å². The molecule has 0 radical (unpaired) electrons. The quantitative estimate of drug-likeness (QED) is 0.839. The Kier molecular flexibility index (Phi) is 5.10. The van der Waals surface area contributed by atoms with Crippen molar-refractivity contribution >= 4 is 32.6 Å². The standard InChI is InChI=1S/C13H15BrFNO2S/c14-12-3-2-11(15)9-10(12)1-4-13(17)16-5-7-19(18)8-6-16/h2-3,9H,1,4-8H2. The van der Waals surface area contributed by atoms with Gasteiger partial charge in [0.1, 0.15) is 5.82 Å². The van der Waals surface area contributed by atoms with E-state index in [1.807, 2.05) is 0 Å². The summed E-state index contributed by atoms with van der Waals surface area (Å²) in [6.45, 7) is 1.13. The molecule has 0 unspecified atom stereocenters. The zero-order valence-corrected chi connectivity index (χ0v) is 12.8. The SMILES string of the molecule is O=C(CCc1cc(F)ccc1Br)N1CCS(=O)CC1. The first-order chi connectivity index (χ1) is 9.06. The van der Waals surface area contributed by atoms with Crippen molar-refractivity contribution < 1.29 is 13.4 Å². The van der Waals surface area contributed by atoms with Crippen molar-refractivity contribution in [1.29, 1.82) is 0 Å². The summed E-state index contributed by atoms with van der Waals surface area (Å²) in [5, 5.41) is 0. The molecule has 104 valence electrons. The third kappa shape index (κ3) is 4.11. The lowest BCUT2D eigenvalue weighted by Gasteiger charge is -2.26. The minimum absolute atomic E-state index is 0.0489. The van der Waals surface area contributed by atoms with E-state index in [0.29, 0.717) is 37.4 Å². The fourth-order valence-corrected chi connectivity index (χ4v) is 3.52. The van der Waals surface area contributed by atoms with Crippen LogP contribution in [0, 0.1) is 5.82 Å². The Morgan fingerprint density at radius 1 is 1.37 bits per heavy atom. The second-order valence-corrected chi connectivity index (χ2v) is 7.02. The van der Waals surface area contributed by atoms with E-state index in [-0.39, 0.29) is 11.7 Å². The minimum Gasteiger partial charge on any atom is -0.341 e. The Morgan fingerprint density at radius 3 is 2.74 bits per heavy atom. The maximum Gasteiger partial charge on any atom is 0.222 e. The third-order valence-corrected chi connectivity index (χ3v) is 5.20.